The summed E-state index contributed by atoms with van der Waals surface area (Å²) in [4.78, 5) is 13.4. The average Bonchev–Trinajstić information content (AvgIpc) is 2.14. The van der Waals surface area contributed by atoms with Crippen LogP contribution in [0.2, 0.25) is 0 Å². The smallest absolute Gasteiger partial charge is 0.258 e. The zero-order valence-electron chi connectivity index (χ0n) is 6.97. The van der Waals surface area contributed by atoms with Crippen molar-refractivity contribution in [1.82, 2.24) is 4.98 Å². The number of aromatic amines is 1. The lowest BCUT2D eigenvalue weighted by atomic mass is 9.93. The number of hydrogen-bond acceptors (Lipinski definition) is 1. The van der Waals surface area contributed by atoms with E-state index >= 15 is 0 Å². The maximum atomic E-state index is 13.2. The van der Waals surface area contributed by atoms with Gasteiger partial charge in [-0.1, -0.05) is 11.5 Å². The summed E-state index contributed by atoms with van der Waals surface area (Å²) >= 11 is 0. The molecule has 2 rings (SSSR count). The van der Waals surface area contributed by atoms with E-state index < -0.39 is 17.2 Å². The Balaban J connectivity index is 3.07. The summed E-state index contributed by atoms with van der Waals surface area (Å²) in [6, 6.07) is 2.68. The van der Waals surface area contributed by atoms with Crippen LogP contribution in [0.25, 0.3) is 10.8 Å². The van der Waals surface area contributed by atoms with E-state index in [4.69, 9.17) is 7.85 Å². The van der Waals surface area contributed by atoms with Crippen molar-refractivity contribution in [2.45, 2.75) is 0 Å². The van der Waals surface area contributed by atoms with Crippen molar-refractivity contribution >= 4 is 24.1 Å². The van der Waals surface area contributed by atoms with Crippen LogP contribution in [-0.4, -0.2) is 12.8 Å². The van der Waals surface area contributed by atoms with Gasteiger partial charge in [-0.2, -0.15) is 0 Å². The zero-order chi connectivity index (χ0) is 10.3. The number of hydrogen-bond donors (Lipinski definition) is 1. The van der Waals surface area contributed by atoms with Gasteiger partial charge in [0.1, 0.15) is 7.85 Å². The predicted octanol–water partition coefficient (Wildman–Crippen LogP) is 0.600. The third-order valence-electron chi connectivity index (χ3n) is 1.97. The Bertz CT molecular complexity index is 564. The molecule has 0 saturated heterocycles. The van der Waals surface area contributed by atoms with E-state index in [1.165, 1.54) is 18.3 Å². The van der Waals surface area contributed by atoms with Gasteiger partial charge >= 0.3 is 0 Å². The number of benzene rings is 1. The highest BCUT2D eigenvalue weighted by Gasteiger charge is 2.12. The van der Waals surface area contributed by atoms with Crippen molar-refractivity contribution in [3.63, 3.8) is 0 Å². The van der Waals surface area contributed by atoms with Crippen LogP contribution in [0, 0.1) is 11.6 Å². The summed E-state index contributed by atoms with van der Waals surface area (Å²) < 4.78 is 26.2. The molecule has 1 aromatic heterocycles. The van der Waals surface area contributed by atoms with Gasteiger partial charge in [0.05, 0.1) is 5.39 Å². The van der Waals surface area contributed by atoms with Gasteiger partial charge in [-0.3, -0.25) is 4.79 Å². The second-order valence-electron chi connectivity index (χ2n) is 2.86. The van der Waals surface area contributed by atoms with Gasteiger partial charge in [-0.05, 0) is 11.5 Å². The molecule has 2 aromatic rings. The Labute approximate surface area is 79.0 Å². The highest BCUT2D eigenvalue weighted by Crippen LogP contribution is 2.13. The maximum Gasteiger partial charge on any atom is 0.258 e. The largest absolute Gasteiger partial charge is 0.328 e. The van der Waals surface area contributed by atoms with Gasteiger partial charge in [0.2, 0.25) is 0 Å². The molecule has 0 amide bonds. The summed E-state index contributed by atoms with van der Waals surface area (Å²) in [5.41, 5.74) is -0.973. The molecule has 0 saturated carbocycles. The molecule has 68 valence electrons. The lowest BCUT2D eigenvalue weighted by Crippen LogP contribution is -2.16. The standard InChI is InChI=1S/C9H4BF2NO/c10-5-3-4-1-2-13-9(14)6(4)8(12)7(5)11/h1-3H,(H,13,14). The molecular formula is C9H4BF2NO. The van der Waals surface area contributed by atoms with Gasteiger partial charge in [0, 0.05) is 6.20 Å². The molecule has 0 spiro atoms. The van der Waals surface area contributed by atoms with E-state index in [-0.39, 0.29) is 16.2 Å². The number of pyridine rings is 1. The van der Waals surface area contributed by atoms with Crippen molar-refractivity contribution < 1.29 is 8.78 Å². The fourth-order valence-electron chi connectivity index (χ4n) is 1.31. The molecule has 5 heteroatoms. The van der Waals surface area contributed by atoms with E-state index in [0.29, 0.717) is 0 Å². The number of H-pyrrole nitrogens is 1. The number of halogens is 2. The predicted molar refractivity (Wildman–Crippen MR) is 49.9 cm³/mol. The fourth-order valence-corrected chi connectivity index (χ4v) is 1.31. The lowest BCUT2D eigenvalue weighted by molar-refractivity contribution is 0.522. The Kier molecular flexibility index (Phi) is 1.87. The van der Waals surface area contributed by atoms with Gasteiger partial charge in [-0.25, -0.2) is 8.78 Å². The molecule has 1 N–H and O–H groups in total. The molecule has 0 atom stereocenters. The summed E-state index contributed by atoms with van der Waals surface area (Å²) in [6.07, 6.45) is 1.35. The van der Waals surface area contributed by atoms with Gasteiger partial charge in [0.25, 0.3) is 5.56 Å². The molecule has 0 aliphatic rings. The minimum atomic E-state index is -1.21. The highest BCUT2D eigenvalue weighted by atomic mass is 19.2. The van der Waals surface area contributed by atoms with Crippen LogP contribution >= 0.6 is 0 Å². The van der Waals surface area contributed by atoms with Crippen LogP contribution in [-0.2, 0) is 0 Å². The van der Waals surface area contributed by atoms with E-state index in [1.807, 2.05) is 0 Å². The first kappa shape index (κ1) is 8.93. The van der Waals surface area contributed by atoms with Crippen LogP contribution in [0.4, 0.5) is 8.78 Å². The lowest BCUT2D eigenvalue weighted by Gasteiger charge is -2.02. The minimum Gasteiger partial charge on any atom is -0.328 e. The number of aromatic nitrogens is 1. The van der Waals surface area contributed by atoms with Crippen LogP contribution in [0.1, 0.15) is 0 Å². The molecule has 1 aromatic carbocycles. The third kappa shape index (κ3) is 1.13. The van der Waals surface area contributed by atoms with E-state index in [2.05, 4.69) is 4.98 Å². The Morgan fingerprint density at radius 3 is 2.71 bits per heavy atom. The molecule has 0 aliphatic carbocycles. The van der Waals surface area contributed by atoms with Gasteiger partial charge in [-0.15, -0.1) is 0 Å². The van der Waals surface area contributed by atoms with Crippen molar-refractivity contribution in [1.29, 1.82) is 0 Å². The van der Waals surface area contributed by atoms with Crippen molar-refractivity contribution in [3.8, 4) is 0 Å². The molecule has 0 fully saturated rings. The number of rotatable bonds is 0. The number of nitrogens with one attached hydrogen (secondary N) is 1. The van der Waals surface area contributed by atoms with Crippen LogP contribution in [0.5, 0.6) is 0 Å². The zero-order valence-corrected chi connectivity index (χ0v) is 6.97. The second-order valence-corrected chi connectivity index (χ2v) is 2.86. The van der Waals surface area contributed by atoms with Crippen LogP contribution in [0.15, 0.2) is 23.1 Å². The second kappa shape index (κ2) is 2.94. The van der Waals surface area contributed by atoms with Crippen molar-refractivity contribution in [3.05, 3.63) is 40.3 Å². The first-order valence-electron chi connectivity index (χ1n) is 3.86. The molecule has 2 nitrogen and oxygen atoms in total. The van der Waals surface area contributed by atoms with E-state index in [0.717, 1.165) is 0 Å². The fraction of sp³-hybridized carbons (Fsp3) is 0. The molecule has 0 unspecified atom stereocenters. The molecule has 1 heterocycles. The maximum absolute atomic E-state index is 13.2. The monoisotopic (exact) mass is 191 g/mol. The average molecular weight is 191 g/mol. The van der Waals surface area contributed by atoms with Crippen LogP contribution in [0.3, 0.4) is 0 Å². The topological polar surface area (TPSA) is 32.9 Å². The third-order valence-corrected chi connectivity index (χ3v) is 1.97. The Hall–Kier alpha value is -1.65. The van der Waals surface area contributed by atoms with Crippen LogP contribution < -0.4 is 11.0 Å². The van der Waals surface area contributed by atoms with Gasteiger partial charge in [0.15, 0.2) is 11.6 Å². The van der Waals surface area contributed by atoms with Gasteiger partial charge < -0.3 is 4.98 Å². The number of fused-ring (bicyclic) bond motifs is 1. The molecule has 0 aliphatic heterocycles. The SMILES string of the molecule is [B]c1cc2cc[nH]c(=O)c2c(F)c1F. The van der Waals surface area contributed by atoms with Crippen molar-refractivity contribution in [2.24, 2.45) is 0 Å². The van der Waals surface area contributed by atoms with Crippen molar-refractivity contribution in [2.75, 3.05) is 0 Å². The summed E-state index contributed by atoms with van der Waals surface area (Å²) in [7, 11) is 5.21. The Morgan fingerprint density at radius 2 is 2.00 bits per heavy atom. The minimum absolute atomic E-state index is 0.283. The molecule has 2 radical (unpaired) electrons. The summed E-state index contributed by atoms with van der Waals surface area (Å²) in [6.45, 7) is 0. The molecule has 14 heavy (non-hydrogen) atoms. The molecular weight excluding hydrogens is 187 g/mol. The Morgan fingerprint density at radius 1 is 1.29 bits per heavy atom. The molecule has 0 bridgehead atoms. The quantitative estimate of drug-likeness (QED) is 0.607. The van der Waals surface area contributed by atoms with E-state index in [9.17, 15) is 13.6 Å². The highest BCUT2D eigenvalue weighted by molar-refractivity contribution is 6.33. The summed E-state index contributed by atoms with van der Waals surface area (Å²) in [5, 5.41) is -0.0237. The van der Waals surface area contributed by atoms with E-state index in [1.54, 1.807) is 0 Å². The first-order valence-corrected chi connectivity index (χ1v) is 3.86. The summed E-state index contributed by atoms with van der Waals surface area (Å²) in [5.74, 6) is -2.39. The normalized spacial score (nSPS) is 10.7. The first-order chi connectivity index (χ1) is 6.61.